The third-order valence-electron chi connectivity index (χ3n) is 3.79. The summed E-state index contributed by atoms with van der Waals surface area (Å²) in [6.07, 6.45) is 0. The van der Waals surface area contributed by atoms with Gasteiger partial charge < -0.3 is 18.7 Å². The molecule has 0 saturated carbocycles. The lowest BCUT2D eigenvalue weighted by Crippen LogP contribution is -2.18. The molecule has 1 aromatic carbocycles. The molecule has 0 radical (unpaired) electrons. The molecule has 2 aromatic rings. The second-order valence-corrected chi connectivity index (χ2v) is 6.06. The highest BCUT2D eigenvalue weighted by Crippen LogP contribution is 2.38. The van der Waals surface area contributed by atoms with Crippen molar-refractivity contribution < 1.29 is 18.7 Å². The molecule has 3 rings (SSSR count). The third kappa shape index (κ3) is 3.42. The third-order valence-corrected chi connectivity index (χ3v) is 3.79. The van der Waals surface area contributed by atoms with Crippen molar-refractivity contribution in [2.24, 2.45) is 0 Å². The second kappa shape index (κ2) is 6.50. The van der Waals surface area contributed by atoms with Crippen LogP contribution in [0.4, 0.5) is 0 Å². The van der Waals surface area contributed by atoms with Crippen LogP contribution < -0.4 is 14.2 Å². The largest absolute Gasteiger partial charge is 0.496 e. The van der Waals surface area contributed by atoms with E-state index in [0.717, 1.165) is 34.3 Å². The van der Waals surface area contributed by atoms with Crippen LogP contribution >= 0.6 is 0 Å². The Balaban J connectivity index is 1.70. The van der Waals surface area contributed by atoms with Crippen LogP contribution in [0, 0.1) is 0 Å². The molecule has 2 heterocycles. The van der Waals surface area contributed by atoms with Gasteiger partial charge in [-0.25, -0.2) is 0 Å². The van der Waals surface area contributed by atoms with E-state index in [1.807, 2.05) is 25.2 Å². The molecule has 0 saturated heterocycles. The predicted molar refractivity (Wildman–Crippen MR) is 84.9 cm³/mol. The molecule has 0 aliphatic carbocycles. The summed E-state index contributed by atoms with van der Waals surface area (Å²) in [5.74, 6) is 3.54. The van der Waals surface area contributed by atoms with Crippen molar-refractivity contribution in [2.45, 2.75) is 32.9 Å². The van der Waals surface area contributed by atoms with Gasteiger partial charge in [0.1, 0.15) is 11.5 Å². The van der Waals surface area contributed by atoms with Gasteiger partial charge in [0, 0.05) is 36.7 Å². The molecule has 0 amide bonds. The van der Waals surface area contributed by atoms with E-state index in [2.05, 4.69) is 23.9 Å². The number of fused-ring (bicyclic) bond motifs is 1. The first-order valence-electron chi connectivity index (χ1n) is 7.67. The summed E-state index contributed by atoms with van der Waals surface area (Å²) in [6.45, 7) is 5.85. The molecule has 0 bridgehead atoms. The van der Waals surface area contributed by atoms with Gasteiger partial charge in [0.2, 0.25) is 6.79 Å². The topological polar surface area (TPSA) is 57.0 Å². The van der Waals surface area contributed by atoms with Crippen LogP contribution in [0.25, 0.3) is 0 Å². The number of hydrogen-bond acceptors (Lipinski definition) is 6. The van der Waals surface area contributed by atoms with Crippen molar-refractivity contribution >= 4 is 0 Å². The molecular formula is C17H22N2O4. The Bertz CT molecular complexity index is 681. The molecule has 0 fully saturated rings. The van der Waals surface area contributed by atoms with Crippen LogP contribution in [-0.4, -0.2) is 31.0 Å². The van der Waals surface area contributed by atoms with Crippen LogP contribution in [0.5, 0.6) is 17.2 Å². The average molecular weight is 318 g/mol. The lowest BCUT2D eigenvalue weighted by Gasteiger charge is -2.17. The first kappa shape index (κ1) is 15.7. The minimum Gasteiger partial charge on any atom is -0.496 e. The molecule has 1 aromatic heterocycles. The zero-order valence-corrected chi connectivity index (χ0v) is 14.0. The maximum atomic E-state index is 5.46. The van der Waals surface area contributed by atoms with Gasteiger partial charge in [-0.3, -0.25) is 4.90 Å². The van der Waals surface area contributed by atoms with Crippen molar-refractivity contribution in [1.29, 1.82) is 0 Å². The number of hydrogen-bond donors (Lipinski definition) is 0. The Kier molecular flexibility index (Phi) is 4.43. The Morgan fingerprint density at radius 2 is 1.91 bits per heavy atom. The fraction of sp³-hybridized carbons (Fsp3) is 0.471. The highest BCUT2D eigenvalue weighted by Gasteiger charge is 2.19. The molecular weight excluding hydrogens is 296 g/mol. The minimum atomic E-state index is 0.259. The van der Waals surface area contributed by atoms with Crippen LogP contribution in [0.1, 0.15) is 36.8 Å². The molecule has 124 valence electrons. The first-order valence-corrected chi connectivity index (χ1v) is 7.67. The van der Waals surface area contributed by atoms with Gasteiger partial charge in [0.05, 0.1) is 12.8 Å². The number of benzene rings is 1. The Hall–Kier alpha value is -2.21. The number of rotatable bonds is 6. The van der Waals surface area contributed by atoms with Crippen LogP contribution in [0.3, 0.4) is 0 Å². The lowest BCUT2D eigenvalue weighted by atomic mass is 10.1. The standard InChI is InChI=1S/C17H22N2O4/c1-11(2)14-6-13(18-23-14)9-19(3)8-12-5-16-17(22-10-21-16)7-15(12)20-4/h5-7,11H,8-10H2,1-4H3. The Morgan fingerprint density at radius 3 is 2.57 bits per heavy atom. The molecule has 0 N–H and O–H groups in total. The number of ether oxygens (including phenoxy) is 3. The molecule has 23 heavy (non-hydrogen) atoms. The molecule has 6 nitrogen and oxygen atoms in total. The van der Waals surface area contributed by atoms with Gasteiger partial charge in [-0.1, -0.05) is 19.0 Å². The summed E-state index contributed by atoms with van der Waals surface area (Å²) in [4.78, 5) is 2.15. The van der Waals surface area contributed by atoms with Gasteiger partial charge in [0.15, 0.2) is 11.5 Å². The van der Waals surface area contributed by atoms with Crippen LogP contribution in [-0.2, 0) is 13.1 Å². The monoisotopic (exact) mass is 318 g/mol. The summed E-state index contributed by atoms with van der Waals surface area (Å²) in [5, 5.41) is 4.13. The fourth-order valence-corrected chi connectivity index (χ4v) is 2.58. The molecule has 0 atom stereocenters. The summed E-state index contributed by atoms with van der Waals surface area (Å²) < 4.78 is 21.6. The van der Waals surface area contributed by atoms with Gasteiger partial charge >= 0.3 is 0 Å². The van der Waals surface area contributed by atoms with E-state index < -0.39 is 0 Å². The molecule has 0 spiro atoms. The molecule has 1 aliphatic heterocycles. The van der Waals surface area contributed by atoms with Crippen molar-refractivity contribution in [3.8, 4) is 17.2 Å². The van der Waals surface area contributed by atoms with E-state index >= 15 is 0 Å². The zero-order valence-electron chi connectivity index (χ0n) is 14.0. The smallest absolute Gasteiger partial charge is 0.231 e. The summed E-state index contributed by atoms with van der Waals surface area (Å²) >= 11 is 0. The van der Waals surface area contributed by atoms with Crippen molar-refractivity contribution in [3.63, 3.8) is 0 Å². The summed E-state index contributed by atoms with van der Waals surface area (Å²) in [6, 6.07) is 5.86. The van der Waals surface area contributed by atoms with Gasteiger partial charge in [-0.15, -0.1) is 0 Å². The van der Waals surface area contributed by atoms with E-state index in [-0.39, 0.29) is 6.79 Å². The summed E-state index contributed by atoms with van der Waals surface area (Å²) in [7, 11) is 3.70. The van der Waals surface area contributed by atoms with Gasteiger partial charge in [-0.05, 0) is 13.1 Å². The Labute approximate surface area is 135 Å². The molecule has 0 unspecified atom stereocenters. The predicted octanol–water partition coefficient (Wildman–Crippen LogP) is 3.17. The fourth-order valence-electron chi connectivity index (χ4n) is 2.58. The van der Waals surface area contributed by atoms with Crippen LogP contribution in [0.2, 0.25) is 0 Å². The van der Waals surface area contributed by atoms with E-state index in [4.69, 9.17) is 18.7 Å². The van der Waals surface area contributed by atoms with E-state index in [9.17, 15) is 0 Å². The van der Waals surface area contributed by atoms with Crippen LogP contribution in [0.15, 0.2) is 22.7 Å². The average Bonchev–Trinajstić information content (AvgIpc) is 3.14. The Morgan fingerprint density at radius 1 is 1.17 bits per heavy atom. The van der Waals surface area contributed by atoms with E-state index in [0.29, 0.717) is 19.0 Å². The molecule has 1 aliphatic rings. The second-order valence-electron chi connectivity index (χ2n) is 6.06. The highest BCUT2D eigenvalue weighted by atomic mass is 16.7. The number of methoxy groups -OCH3 is 1. The van der Waals surface area contributed by atoms with Crippen molar-refractivity contribution in [2.75, 3.05) is 21.0 Å². The number of aromatic nitrogens is 1. The maximum Gasteiger partial charge on any atom is 0.231 e. The van der Waals surface area contributed by atoms with Crippen molar-refractivity contribution in [1.82, 2.24) is 10.1 Å². The van der Waals surface area contributed by atoms with Gasteiger partial charge in [0.25, 0.3) is 0 Å². The zero-order chi connectivity index (χ0) is 16.4. The number of nitrogens with zero attached hydrogens (tertiary/aromatic N) is 2. The SMILES string of the molecule is COc1cc2c(cc1CN(C)Cc1cc(C(C)C)on1)OCO2. The van der Waals surface area contributed by atoms with Crippen molar-refractivity contribution in [3.05, 3.63) is 35.2 Å². The summed E-state index contributed by atoms with van der Waals surface area (Å²) in [5.41, 5.74) is 1.97. The van der Waals surface area contributed by atoms with E-state index in [1.54, 1.807) is 7.11 Å². The minimum absolute atomic E-state index is 0.259. The van der Waals surface area contributed by atoms with E-state index in [1.165, 1.54) is 0 Å². The lowest BCUT2D eigenvalue weighted by molar-refractivity contribution is 0.174. The maximum absolute atomic E-state index is 5.46. The normalized spacial score (nSPS) is 13.1. The molecule has 6 heteroatoms. The first-order chi connectivity index (χ1) is 11.1. The quantitative estimate of drug-likeness (QED) is 0.815. The van der Waals surface area contributed by atoms with Gasteiger partial charge in [-0.2, -0.15) is 0 Å². The highest BCUT2D eigenvalue weighted by molar-refractivity contribution is 5.51.